The summed E-state index contributed by atoms with van der Waals surface area (Å²) in [6.07, 6.45) is 7.01. The van der Waals surface area contributed by atoms with Gasteiger partial charge in [0.2, 0.25) is 0 Å². The first-order valence-corrected chi connectivity index (χ1v) is 7.09. The molecule has 0 atom stereocenters. The molecule has 1 aliphatic heterocycles. The van der Waals surface area contributed by atoms with Gasteiger partial charge in [-0.2, -0.15) is 0 Å². The van der Waals surface area contributed by atoms with Crippen LogP contribution in [0.15, 0.2) is 0 Å². The minimum Gasteiger partial charge on any atom is -0.389 e. The van der Waals surface area contributed by atoms with Gasteiger partial charge in [-0.05, 0) is 44.4 Å². The molecular formula is C14H27NO2. The van der Waals surface area contributed by atoms with Gasteiger partial charge in [-0.25, -0.2) is 0 Å². The number of methoxy groups -OCH3 is 1. The highest BCUT2D eigenvalue weighted by atomic mass is 16.5. The van der Waals surface area contributed by atoms with Gasteiger partial charge in [0, 0.05) is 26.7 Å². The highest BCUT2D eigenvalue weighted by Crippen LogP contribution is 2.33. The summed E-state index contributed by atoms with van der Waals surface area (Å²) in [6.45, 7) is 5.33. The van der Waals surface area contributed by atoms with E-state index in [2.05, 4.69) is 11.8 Å². The maximum absolute atomic E-state index is 10.6. The van der Waals surface area contributed by atoms with Gasteiger partial charge in [-0.15, -0.1) is 0 Å². The lowest BCUT2D eigenvalue weighted by Crippen LogP contribution is -2.48. The second-order valence-electron chi connectivity index (χ2n) is 6.12. The zero-order valence-electron chi connectivity index (χ0n) is 11.3. The predicted molar refractivity (Wildman–Crippen MR) is 69.1 cm³/mol. The minimum atomic E-state index is -0.410. The monoisotopic (exact) mass is 241 g/mol. The molecule has 1 aliphatic carbocycles. The first-order chi connectivity index (χ1) is 8.11. The van der Waals surface area contributed by atoms with Crippen LogP contribution in [-0.4, -0.2) is 48.5 Å². The number of nitrogens with zero attached hydrogens (tertiary/aromatic N) is 1. The second kappa shape index (κ2) is 5.68. The topological polar surface area (TPSA) is 32.7 Å². The second-order valence-corrected chi connectivity index (χ2v) is 6.12. The fourth-order valence-electron chi connectivity index (χ4n) is 3.18. The van der Waals surface area contributed by atoms with Crippen LogP contribution >= 0.6 is 0 Å². The molecular weight excluding hydrogens is 214 g/mol. The maximum Gasteiger partial charge on any atom is 0.0774 e. The van der Waals surface area contributed by atoms with E-state index in [1.165, 1.54) is 12.8 Å². The molecule has 1 heterocycles. The van der Waals surface area contributed by atoms with Crippen LogP contribution < -0.4 is 0 Å². The van der Waals surface area contributed by atoms with Gasteiger partial charge in [0.25, 0.3) is 0 Å². The molecule has 1 saturated carbocycles. The molecule has 0 amide bonds. The molecule has 0 unspecified atom stereocenters. The molecule has 2 rings (SSSR count). The van der Waals surface area contributed by atoms with Gasteiger partial charge in [-0.1, -0.05) is 6.92 Å². The van der Waals surface area contributed by atoms with Crippen molar-refractivity contribution >= 4 is 0 Å². The summed E-state index contributed by atoms with van der Waals surface area (Å²) in [6, 6.07) is 0. The molecule has 0 spiro atoms. The van der Waals surface area contributed by atoms with Gasteiger partial charge in [0.15, 0.2) is 0 Å². The van der Waals surface area contributed by atoms with E-state index in [0.717, 1.165) is 51.2 Å². The number of ether oxygens (including phenoxy) is 1. The molecule has 0 bridgehead atoms. The van der Waals surface area contributed by atoms with E-state index >= 15 is 0 Å². The van der Waals surface area contributed by atoms with E-state index in [0.29, 0.717) is 6.10 Å². The number of rotatable bonds is 3. The van der Waals surface area contributed by atoms with E-state index in [-0.39, 0.29) is 0 Å². The average Bonchev–Trinajstić information content (AvgIpc) is 2.34. The van der Waals surface area contributed by atoms with Crippen molar-refractivity contribution in [3.8, 4) is 0 Å². The molecule has 1 N–H and O–H groups in total. The lowest BCUT2D eigenvalue weighted by molar-refractivity contribution is -0.0492. The third kappa shape index (κ3) is 3.67. The molecule has 0 aromatic carbocycles. The lowest BCUT2D eigenvalue weighted by atomic mass is 9.79. The minimum absolute atomic E-state index is 0.410. The van der Waals surface area contributed by atoms with Crippen molar-refractivity contribution in [1.29, 1.82) is 0 Å². The van der Waals surface area contributed by atoms with Gasteiger partial charge in [-0.3, -0.25) is 0 Å². The molecule has 0 aromatic rings. The van der Waals surface area contributed by atoms with Crippen LogP contribution in [0.4, 0.5) is 0 Å². The molecule has 0 aromatic heterocycles. The largest absolute Gasteiger partial charge is 0.389 e. The average molecular weight is 241 g/mol. The molecule has 3 nitrogen and oxygen atoms in total. The van der Waals surface area contributed by atoms with Crippen molar-refractivity contribution < 1.29 is 9.84 Å². The Morgan fingerprint density at radius 1 is 1.18 bits per heavy atom. The molecule has 17 heavy (non-hydrogen) atoms. The Morgan fingerprint density at radius 2 is 1.76 bits per heavy atom. The van der Waals surface area contributed by atoms with Gasteiger partial charge < -0.3 is 14.7 Å². The van der Waals surface area contributed by atoms with Crippen LogP contribution in [-0.2, 0) is 4.74 Å². The van der Waals surface area contributed by atoms with Crippen molar-refractivity contribution in [3.05, 3.63) is 0 Å². The smallest absolute Gasteiger partial charge is 0.0774 e. The van der Waals surface area contributed by atoms with Crippen LogP contribution in [0.1, 0.15) is 45.4 Å². The zero-order chi connectivity index (χ0) is 12.3. The third-order valence-corrected chi connectivity index (χ3v) is 4.59. The Morgan fingerprint density at radius 3 is 2.29 bits per heavy atom. The number of piperidine rings is 1. The van der Waals surface area contributed by atoms with E-state index in [9.17, 15) is 5.11 Å². The molecule has 2 aliphatic rings. The summed E-state index contributed by atoms with van der Waals surface area (Å²) in [4.78, 5) is 2.42. The Balaban J connectivity index is 1.77. The maximum atomic E-state index is 10.6. The summed E-state index contributed by atoms with van der Waals surface area (Å²) in [5, 5.41) is 10.6. The highest BCUT2D eigenvalue weighted by molar-refractivity contribution is 4.88. The number of aliphatic hydroxyl groups is 1. The summed E-state index contributed by atoms with van der Waals surface area (Å²) in [7, 11) is 1.80. The first kappa shape index (κ1) is 13.3. The quantitative estimate of drug-likeness (QED) is 0.821. The number of likely N-dealkylation sites (tertiary alicyclic amines) is 1. The summed E-state index contributed by atoms with van der Waals surface area (Å²) in [5.41, 5.74) is -0.410. The molecule has 1 saturated heterocycles. The van der Waals surface area contributed by atoms with E-state index in [1.807, 2.05) is 0 Å². The predicted octanol–water partition coefficient (Wildman–Crippen LogP) is 2.04. The summed E-state index contributed by atoms with van der Waals surface area (Å²) < 4.78 is 5.38. The van der Waals surface area contributed by atoms with Gasteiger partial charge >= 0.3 is 0 Å². The SMILES string of the molecule is COC1CCN(CC2(O)CCC(C)CC2)CC1. The first-order valence-electron chi connectivity index (χ1n) is 7.09. The van der Waals surface area contributed by atoms with Crippen LogP contribution in [0.5, 0.6) is 0 Å². The van der Waals surface area contributed by atoms with Crippen LogP contribution in [0.25, 0.3) is 0 Å². The fourth-order valence-corrected chi connectivity index (χ4v) is 3.18. The summed E-state index contributed by atoms with van der Waals surface area (Å²) in [5.74, 6) is 0.800. The van der Waals surface area contributed by atoms with Gasteiger partial charge in [0.05, 0.1) is 11.7 Å². The fraction of sp³-hybridized carbons (Fsp3) is 1.00. The molecule has 3 heteroatoms. The van der Waals surface area contributed by atoms with E-state index < -0.39 is 5.60 Å². The zero-order valence-corrected chi connectivity index (χ0v) is 11.3. The Kier molecular flexibility index (Phi) is 4.45. The number of β-amino-alcohol motifs (C(OH)–C–C–N with tert-alkyl or cyclic N) is 1. The highest BCUT2D eigenvalue weighted by Gasteiger charge is 2.34. The Bertz CT molecular complexity index is 228. The molecule has 2 fully saturated rings. The Labute approximate surface area is 105 Å². The third-order valence-electron chi connectivity index (χ3n) is 4.59. The van der Waals surface area contributed by atoms with E-state index in [1.54, 1.807) is 7.11 Å². The standard InChI is InChI=1S/C14H27NO2/c1-12-3-7-14(16,8-4-12)11-15-9-5-13(17-2)6-10-15/h12-13,16H,3-11H2,1-2H3. The molecule has 100 valence electrons. The van der Waals surface area contributed by atoms with Crippen LogP contribution in [0.3, 0.4) is 0 Å². The van der Waals surface area contributed by atoms with Crippen molar-refractivity contribution in [2.45, 2.75) is 57.2 Å². The number of hydrogen-bond donors (Lipinski definition) is 1. The summed E-state index contributed by atoms with van der Waals surface area (Å²) >= 11 is 0. The van der Waals surface area contributed by atoms with Crippen molar-refractivity contribution in [1.82, 2.24) is 4.90 Å². The van der Waals surface area contributed by atoms with Crippen LogP contribution in [0, 0.1) is 5.92 Å². The van der Waals surface area contributed by atoms with Crippen molar-refractivity contribution in [3.63, 3.8) is 0 Å². The number of hydrogen-bond acceptors (Lipinski definition) is 3. The van der Waals surface area contributed by atoms with Gasteiger partial charge in [0.1, 0.15) is 0 Å². The molecule has 0 radical (unpaired) electrons. The lowest BCUT2D eigenvalue weighted by Gasteiger charge is -2.41. The normalized spacial score (nSPS) is 37.2. The van der Waals surface area contributed by atoms with Crippen molar-refractivity contribution in [2.24, 2.45) is 5.92 Å². The van der Waals surface area contributed by atoms with Crippen molar-refractivity contribution in [2.75, 3.05) is 26.7 Å². The van der Waals surface area contributed by atoms with E-state index in [4.69, 9.17) is 4.74 Å². The van der Waals surface area contributed by atoms with Crippen LogP contribution in [0.2, 0.25) is 0 Å². The Hall–Kier alpha value is -0.120.